The van der Waals surface area contributed by atoms with Gasteiger partial charge in [0.25, 0.3) is 0 Å². The van der Waals surface area contributed by atoms with Crippen LogP contribution in [0.3, 0.4) is 0 Å². The van der Waals surface area contributed by atoms with E-state index in [1.165, 1.54) is 0 Å². The second-order valence-corrected chi connectivity index (χ2v) is 9.20. The van der Waals surface area contributed by atoms with Crippen molar-refractivity contribution in [2.45, 2.75) is 47.2 Å². The van der Waals surface area contributed by atoms with Crippen LogP contribution in [0.25, 0.3) is 0 Å². The van der Waals surface area contributed by atoms with Gasteiger partial charge in [0.15, 0.2) is 11.5 Å². The van der Waals surface area contributed by atoms with E-state index in [9.17, 15) is 4.79 Å². The highest BCUT2D eigenvalue weighted by molar-refractivity contribution is 5.49. The minimum Gasteiger partial charge on any atom is -0.490 e. The number of nitrogens with zero attached hydrogens (tertiary/aromatic N) is 4. The molecule has 8 nitrogen and oxygen atoms in total. The van der Waals surface area contributed by atoms with Crippen LogP contribution in [0.15, 0.2) is 24.3 Å². The Balaban J connectivity index is 0.000000196. The van der Waals surface area contributed by atoms with Gasteiger partial charge in [-0.2, -0.15) is 0 Å². The Morgan fingerprint density at radius 1 is 1.03 bits per heavy atom. The van der Waals surface area contributed by atoms with Gasteiger partial charge in [0.1, 0.15) is 5.82 Å². The van der Waals surface area contributed by atoms with E-state index >= 15 is 0 Å². The van der Waals surface area contributed by atoms with Crippen molar-refractivity contribution in [3.05, 3.63) is 47.0 Å². The molecule has 1 aromatic heterocycles. The predicted octanol–water partition coefficient (Wildman–Crippen LogP) is 3.39. The Kier molecular flexibility index (Phi) is 10.1. The zero-order chi connectivity index (χ0) is 24.3. The molecule has 3 heterocycles. The second kappa shape index (κ2) is 13.2. The van der Waals surface area contributed by atoms with E-state index in [2.05, 4.69) is 34.8 Å². The fraction of sp³-hybridized carbons (Fsp3) is 0.577. The summed E-state index contributed by atoms with van der Waals surface area (Å²) in [4.78, 5) is 23.9. The number of morpholine rings is 1. The first-order valence-electron chi connectivity index (χ1n) is 12.1. The first-order chi connectivity index (χ1) is 16.4. The standard InChI is InChI=1S/C15H21NO3.C11H17N3O/c1-12(2)9-16(11-17)10-13-4-5-14-15(8-13)19-7-3-6-18-14;1-9-7-11(13-10(2)12-9)8-14-3-5-15-6-4-14/h4-5,8,11-12H,3,6-7,9-10H2,1-2H3;7H,3-6,8H2,1-2H3. The molecule has 0 spiro atoms. The molecule has 1 fully saturated rings. The van der Waals surface area contributed by atoms with Crippen LogP contribution >= 0.6 is 0 Å². The number of ether oxygens (including phenoxy) is 3. The lowest BCUT2D eigenvalue weighted by molar-refractivity contribution is -0.119. The van der Waals surface area contributed by atoms with Gasteiger partial charge in [-0.1, -0.05) is 19.9 Å². The van der Waals surface area contributed by atoms with Crippen molar-refractivity contribution in [2.24, 2.45) is 5.92 Å². The van der Waals surface area contributed by atoms with E-state index in [0.29, 0.717) is 25.7 Å². The van der Waals surface area contributed by atoms with E-state index in [1.54, 1.807) is 4.90 Å². The summed E-state index contributed by atoms with van der Waals surface area (Å²) in [6.45, 7) is 15.5. The maximum absolute atomic E-state index is 11.1. The molecule has 2 aliphatic rings. The average molecular weight is 471 g/mol. The van der Waals surface area contributed by atoms with Gasteiger partial charge in [0, 0.05) is 44.8 Å². The largest absolute Gasteiger partial charge is 0.490 e. The van der Waals surface area contributed by atoms with Gasteiger partial charge >= 0.3 is 0 Å². The third-order valence-electron chi connectivity index (χ3n) is 5.45. The van der Waals surface area contributed by atoms with Crippen LogP contribution in [-0.2, 0) is 22.6 Å². The predicted molar refractivity (Wildman–Crippen MR) is 131 cm³/mol. The van der Waals surface area contributed by atoms with Gasteiger partial charge in [-0.25, -0.2) is 9.97 Å². The number of carbonyl (C=O) groups excluding carboxylic acids is 1. The maximum atomic E-state index is 11.1. The normalized spacial score (nSPS) is 15.8. The summed E-state index contributed by atoms with van der Waals surface area (Å²) in [5.41, 5.74) is 3.23. The Morgan fingerprint density at radius 2 is 1.76 bits per heavy atom. The number of fused-ring (bicyclic) bond motifs is 1. The molecule has 34 heavy (non-hydrogen) atoms. The molecule has 2 aliphatic heterocycles. The van der Waals surface area contributed by atoms with Crippen molar-refractivity contribution in [3.63, 3.8) is 0 Å². The SMILES string of the molecule is CC(C)CN(C=O)Cc1ccc2c(c1)OCCCO2.Cc1cc(CN2CCOCC2)nc(C)n1. The Bertz CT molecular complexity index is 895. The van der Waals surface area contributed by atoms with Gasteiger partial charge < -0.3 is 19.1 Å². The van der Waals surface area contributed by atoms with E-state index in [0.717, 1.165) is 86.5 Å². The number of aromatic nitrogens is 2. The molecular formula is C26H38N4O4. The monoisotopic (exact) mass is 470 g/mol. The third kappa shape index (κ3) is 8.57. The van der Waals surface area contributed by atoms with Gasteiger partial charge in [-0.3, -0.25) is 9.69 Å². The first-order valence-corrected chi connectivity index (χ1v) is 12.1. The minimum absolute atomic E-state index is 0.464. The van der Waals surface area contributed by atoms with Crippen molar-refractivity contribution in [1.29, 1.82) is 0 Å². The lowest BCUT2D eigenvalue weighted by atomic mass is 10.1. The third-order valence-corrected chi connectivity index (χ3v) is 5.45. The van der Waals surface area contributed by atoms with E-state index in [-0.39, 0.29) is 0 Å². The summed E-state index contributed by atoms with van der Waals surface area (Å²) >= 11 is 0. The summed E-state index contributed by atoms with van der Waals surface area (Å²) in [5, 5.41) is 0. The van der Waals surface area contributed by atoms with Gasteiger partial charge in [0.05, 0.1) is 32.1 Å². The first kappa shape index (κ1) is 25.9. The number of aryl methyl sites for hydroxylation is 2. The Hall–Kier alpha value is -2.71. The molecule has 0 atom stereocenters. The topological polar surface area (TPSA) is 77.0 Å². The van der Waals surface area contributed by atoms with Crippen LogP contribution in [0.5, 0.6) is 11.5 Å². The van der Waals surface area contributed by atoms with E-state index < -0.39 is 0 Å². The number of rotatable bonds is 7. The summed E-state index contributed by atoms with van der Waals surface area (Å²) in [5.74, 6) is 2.90. The van der Waals surface area contributed by atoms with Crippen molar-refractivity contribution < 1.29 is 19.0 Å². The number of carbonyl (C=O) groups is 1. The zero-order valence-corrected chi connectivity index (χ0v) is 21.0. The summed E-state index contributed by atoms with van der Waals surface area (Å²) in [6.07, 6.45) is 1.81. The van der Waals surface area contributed by atoms with E-state index in [1.807, 2.05) is 32.0 Å². The molecule has 0 unspecified atom stereocenters. The van der Waals surface area contributed by atoms with Crippen LogP contribution in [0.2, 0.25) is 0 Å². The van der Waals surface area contributed by atoms with Gasteiger partial charge in [0.2, 0.25) is 6.41 Å². The number of amides is 1. The van der Waals surface area contributed by atoms with Crippen molar-refractivity contribution in [1.82, 2.24) is 19.8 Å². The average Bonchev–Trinajstić information content (AvgIpc) is 3.04. The van der Waals surface area contributed by atoms with Crippen molar-refractivity contribution in [2.75, 3.05) is 46.1 Å². The van der Waals surface area contributed by atoms with E-state index in [4.69, 9.17) is 14.2 Å². The van der Waals surface area contributed by atoms with Crippen LogP contribution in [0.1, 0.15) is 43.0 Å². The summed E-state index contributed by atoms with van der Waals surface area (Å²) in [6, 6.07) is 7.94. The van der Waals surface area contributed by atoms with Crippen molar-refractivity contribution >= 4 is 6.41 Å². The summed E-state index contributed by atoms with van der Waals surface area (Å²) in [7, 11) is 0. The van der Waals surface area contributed by atoms with Crippen LogP contribution in [0.4, 0.5) is 0 Å². The van der Waals surface area contributed by atoms with Crippen LogP contribution < -0.4 is 9.47 Å². The highest BCUT2D eigenvalue weighted by Crippen LogP contribution is 2.30. The van der Waals surface area contributed by atoms with Gasteiger partial charge in [-0.15, -0.1) is 0 Å². The fourth-order valence-corrected chi connectivity index (χ4v) is 4.02. The molecule has 2 aromatic rings. The molecule has 0 radical (unpaired) electrons. The Labute approximate surface area is 203 Å². The second-order valence-electron chi connectivity index (χ2n) is 9.20. The number of benzene rings is 1. The lowest BCUT2D eigenvalue weighted by Gasteiger charge is -2.26. The molecule has 186 valence electrons. The molecule has 0 N–H and O–H groups in total. The van der Waals surface area contributed by atoms with Crippen LogP contribution in [0, 0.1) is 19.8 Å². The highest BCUT2D eigenvalue weighted by Gasteiger charge is 2.13. The molecule has 8 heteroatoms. The fourth-order valence-electron chi connectivity index (χ4n) is 4.02. The zero-order valence-electron chi connectivity index (χ0n) is 21.0. The van der Waals surface area contributed by atoms with Crippen molar-refractivity contribution in [3.8, 4) is 11.5 Å². The smallest absolute Gasteiger partial charge is 0.210 e. The maximum Gasteiger partial charge on any atom is 0.210 e. The molecule has 0 saturated carbocycles. The molecule has 1 aromatic carbocycles. The molecule has 4 rings (SSSR count). The van der Waals surface area contributed by atoms with Crippen LogP contribution in [-0.4, -0.2) is 72.2 Å². The molecule has 0 aliphatic carbocycles. The molecule has 0 bridgehead atoms. The minimum atomic E-state index is 0.464. The molecule has 1 saturated heterocycles. The highest BCUT2D eigenvalue weighted by atomic mass is 16.5. The quantitative estimate of drug-likeness (QED) is 0.574. The molecule has 1 amide bonds. The number of hydrogen-bond donors (Lipinski definition) is 0. The van der Waals surface area contributed by atoms with Gasteiger partial charge in [-0.05, 0) is 43.5 Å². The Morgan fingerprint density at radius 3 is 2.44 bits per heavy atom. The lowest BCUT2D eigenvalue weighted by Crippen LogP contribution is -2.35. The molecular weight excluding hydrogens is 432 g/mol. The summed E-state index contributed by atoms with van der Waals surface area (Å²) < 4.78 is 16.6. The number of hydrogen-bond acceptors (Lipinski definition) is 7.